The van der Waals surface area contributed by atoms with E-state index in [4.69, 9.17) is 0 Å². The number of allylic oxidation sites excluding steroid dienone is 2. The zero-order valence-electron chi connectivity index (χ0n) is 16.9. The van der Waals surface area contributed by atoms with E-state index in [1.54, 1.807) is 7.05 Å². The molecule has 0 amide bonds. The summed E-state index contributed by atoms with van der Waals surface area (Å²) in [5.74, 6) is 0.0785. The highest BCUT2D eigenvalue weighted by Crippen LogP contribution is 2.47. The van der Waals surface area contributed by atoms with Gasteiger partial charge in [-0.25, -0.2) is 4.79 Å². The van der Waals surface area contributed by atoms with Crippen molar-refractivity contribution in [3.05, 3.63) is 73.1 Å². The summed E-state index contributed by atoms with van der Waals surface area (Å²) in [7, 11) is 3.13. The Morgan fingerprint density at radius 1 is 1.00 bits per heavy atom. The van der Waals surface area contributed by atoms with Crippen LogP contribution in [0.2, 0.25) is 0 Å². The molecule has 1 aromatic heterocycles. The average Bonchev–Trinajstić information content (AvgIpc) is 2.63. The number of nitrogens with one attached hydrogen (secondary N) is 1. The minimum Gasteiger partial charge on any atom is -0.344 e. The molecule has 0 bridgehead atoms. The third-order valence-corrected chi connectivity index (χ3v) is 5.88. The lowest BCUT2D eigenvalue weighted by atomic mass is 9.69. The van der Waals surface area contributed by atoms with E-state index in [9.17, 15) is 14.4 Å². The van der Waals surface area contributed by atoms with Gasteiger partial charge in [-0.1, -0.05) is 43.7 Å². The molecule has 1 N–H and O–H groups in total. The van der Waals surface area contributed by atoms with Crippen molar-refractivity contribution < 1.29 is 4.79 Å². The molecule has 1 aromatic carbocycles. The Hall–Kier alpha value is -2.89. The number of rotatable bonds is 1. The number of hydrogen-bond donors (Lipinski definition) is 1. The van der Waals surface area contributed by atoms with Gasteiger partial charge in [0.05, 0.1) is 5.56 Å². The number of aromatic nitrogens is 2. The lowest BCUT2D eigenvalue weighted by Gasteiger charge is -2.39. The summed E-state index contributed by atoms with van der Waals surface area (Å²) in [5, 5.41) is 3.28. The molecule has 0 unspecified atom stereocenters. The Balaban J connectivity index is 2.07. The highest BCUT2D eigenvalue weighted by Gasteiger charge is 2.42. The zero-order chi connectivity index (χ0) is 20.4. The Bertz CT molecular complexity index is 1150. The van der Waals surface area contributed by atoms with Crippen LogP contribution in [0.15, 0.2) is 45.1 Å². The highest BCUT2D eigenvalue weighted by molar-refractivity contribution is 6.01. The third kappa shape index (κ3) is 2.66. The number of hydrogen-bond acceptors (Lipinski definition) is 4. The highest BCUT2D eigenvalue weighted by atomic mass is 16.2. The van der Waals surface area contributed by atoms with Crippen molar-refractivity contribution in [3.8, 4) is 0 Å². The number of aryl methyl sites for hydroxylation is 1. The van der Waals surface area contributed by atoms with E-state index >= 15 is 0 Å². The van der Waals surface area contributed by atoms with Gasteiger partial charge >= 0.3 is 5.69 Å². The van der Waals surface area contributed by atoms with E-state index in [1.807, 2.05) is 31.2 Å². The van der Waals surface area contributed by atoms with Gasteiger partial charge in [0.25, 0.3) is 5.56 Å². The van der Waals surface area contributed by atoms with Gasteiger partial charge in [-0.15, -0.1) is 0 Å². The monoisotopic (exact) mass is 379 g/mol. The molecular formula is C22H25N3O3. The predicted octanol–water partition coefficient (Wildman–Crippen LogP) is 2.59. The van der Waals surface area contributed by atoms with Crippen LogP contribution in [-0.2, 0) is 18.9 Å². The van der Waals surface area contributed by atoms with Gasteiger partial charge in [-0.05, 0) is 24.3 Å². The van der Waals surface area contributed by atoms with Gasteiger partial charge in [0, 0.05) is 37.7 Å². The summed E-state index contributed by atoms with van der Waals surface area (Å²) in [6.07, 6.45) is 1.14. The molecule has 4 rings (SSSR count). The second-order valence-electron chi connectivity index (χ2n) is 8.77. The van der Waals surface area contributed by atoms with E-state index < -0.39 is 5.92 Å². The van der Waals surface area contributed by atoms with E-state index in [1.165, 1.54) is 11.6 Å². The molecule has 1 atom stereocenters. The van der Waals surface area contributed by atoms with Crippen LogP contribution in [0.1, 0.15) is 49.3 Å². The minimum absolute atomic E-state index is 0.0610. The third-order valence-electron chi connectivity index (χ3n) is 5.88. The van der Waals surface area contributed by atoms with Crippen molar-refractivity contribution in [1.29, 1.82) is 0 Å². The van der Waals surface area contributed by atoms with Gasteiger partial charge in [-0.2, -0.15) is 0 Å². The number of carbonyl (C=O) groups is 1. The topological polar surface area (TPSA) is 73.1 Å². The van der Waals surface area contributed by atoms with Crippen molar-refractivity contribution in [2.45, 2.75) is 39.5 Å². The lowest BCUT2D eigenvalue weighted by Crippen LogP contribution is -2.45. The minimum atomic E-state index is -0.471. The summed E-state index contributed by atoms with van der Waals surface area (Å²) in [5.41, 5.74) is 3.02. The Morgan fingerprint density at radius 2 is 1.64 bits per heavy atom. The standard InChI is InChI=1S/C22H25N3O3/c1-12-6-8-13(9-7-12)16-17-14(10-22(2,3)11-15(17)26)23-19-18(16)20(27)25(5)21(28)24(19)4/h6-9,16,23H,10-11H2,1-5H3/t16-/m1/s1. The summed E-state index contributed by atoms with van der Waals surface area (Å²) >= 11 is 0. The van der Waals surface area contributed by atoms with E-state index in [0.717, 1.165) is 21.4 Å². The second-order valence-corrected chi connectivity index (χ2v) is 8.77. The zero-order valence-corrected chi connectivity index (χ0v) is 16.9. The number of fused-ring (bicyclic) bond motifs is 1. The Morgan fingerprint density at radius 3 is 2.29 bits per heavy atom. The fourth-order valence-corrected chi connectivity index (χ4v) is 4.44. The number of nitrogens with zero attached hydrogens (tertiary/aromatic N) is 2. The molecule has 2 aliphatic rings. The summed E-state index contributed by atoms with van der Waals surface area (Å²) < 4.78 is 2.58. The van der Waals surface area contributed by atoms with Crippen LogP contribution in [0.4, 0.5) is 5.82 Å². The van der Waals surface area contributed by atoms with Crippen molar-refractivity contribution in [3.63, 3.8) is 0 Å². The predicted molar refractivity (Wildman–Crippen MR) is 109 cm³/mol. The molecule has 6 heteroatoms. The van der Waals surface area contributed by atoms with Crippen LogP contribution < -0.4 is 16.6 Å². The molecule has 2 aromatic rings. The molecule has 6 nitrogen and oxygen atoms in total. The van der Waals surface area contributed by atoms with E-state index in [2.05, 4.69) is 19.2 Å². The van der Waals surface area contributed by atoms with Gasteiger partial charge < -0.3 is 5.32 Å². The molecular weight excluding hydrogens is 354 g/mol. The summed E-state index contributed by atoms with van der Waals surface area (Å²) in [6.45, 7) is 6.13. The van der Waals surface area contributed by atoms with Crippen LogP contribution >= 0.6 is 0 Å². The average molecular weight is 379 g/mol. The largest absolute Gasteiger partial charge is 0.344 e. The van der Waals surface area contributed by atoms with Gasteiger partial charge in [0.1, 0.15) is 5.82 Å². The van der Waals surface area contributed by atoms with Gasteiger partial charge in [-0.3, -0.25) is 18.7 Å². The van der Waals surface area contributed by atoms with Crippen LogP contribution in [0.5, 0.6) is 0 Å². The lowest BCUT2D eigenvalue weighted by molar-refractivity contribution is -0.118. The molecule has 28 heavy (non-hydrogen) atoms. The van der Waals surface area contributed by atoms with Crippen LogP contribution in [0, 0.1) is 12.3 Å². The first-order chi connectivity index (χ1) is 13.1. The molecule has 146 valence electrons. The molecule has 0 fully saturated rings. The molecule has 0 radical (unpaired) electrons. The quantitative estimate of drug-likeness (QED) is 0.827. The number of benzene rings is 1. The maximum atomic E-state index is 13.2. The van der Waals surface area contributed by atoms with Crippen LogP contribution in [-0.4, -0.2) is 14.9 Å². The smallest absolute Gasteiger partial charge is 0.332 e. The van der Waals surface area contributed by atoms with Gasteiger partial charge in [0.2, 0.25) is 0 Å². The van der Waals surface area contributed by atoms with Crippen LogP contribution in [0.25, 0.3) is 0 Å². The second kappa shape index (κ2) is 6.06. The molecule has 0 saturated carbocycles. The number of anilines is 1. The molecule has 0 saturated heterocycles. The Kier molecular flexibility index (Phi) is 4.00. The number of ketones is 1. The van der Waals surface area contributed by atoms with E-state index in [0.29, 0.717) is 29.8 Å². The van der Waals surface area contributed by atoms with Crippen molar-refractivity contribution in [2.75, 3.05) is 5.32 Å². The summed E-state index contributed by atoms with van der Waals surface area (Å²) in [6, 6.07) is 7.91. The van der Waals surface area contributed by atoms with Crippen molar-refractivity contribution in [2.24, 2.45) is 19.5 Å². The van der Waals surface area contributed by atoms with Crippen molar-refractivity contribution in [1.82, 2.24) is 9.13 Å². The normalized spacial score (nSPS) is 20.5. The first kappa shape index (κ1) is 18.5. The fraction of sp³-hybridized carbons (Fsp3) is 0.409. The van der Waals surface area contributed by atoms with E-state index in [-0.39, 0.29) is 22.4 Å². The van der Waals surface area contributed by atoms with Crippen LogP contribution in [0.3, 0.4) is 0 Å². The molecule has 1 aliphatic carbocycles. The first-order valence-corrected chi connectivity index (χ1v) is 9.50. The van der Waals surface area contributed by atoms with Gasteiger partial charge in [0.15, 0.2) is 5.78 Å². The summed E-state index contributed by atoms with van der Waals surface area (Å²) in [4.78, 5) is 38.8. The fourth-order valence-electron chi connectivity index (χ4n) is 4.44. The maximum absolute atomic E-state index is 13.2. The maximum Gasteiger partial charge on any atom is 0.332 e. The molecule has 1 aliphatic heterocycles. The molecule has 2 heterocycles. The number of carbonyl (C=O) groups excluding carboxylic acids is 1. The molecule has 0 spiro atoms. The Labute approximate surface area is 163 Å². The number of Topliss-reactive ketones (excluding diaryl/α,β-unsaturated/α-hetero) is 1. The van der Waals surface area contributed by atoms with Crippen molar-refractivity contribution >= 4 is 11.6 Å². The SMILES string of the molecule is Cc1ccc([C@@H]2C3=C(CC(C)(C)CC3=O)Nc3c2c(=O)n(C)c(=O)n3C)cc1. The first-order valence-electron chi connectivity index (χ1n) is 9.50.